The number of benzene rings is 3. The summed E-state index contributed by atoms with van der Waals surface area (Å²) in [7, 11) is 0. The van der Waals surface area contributed by atoms with Crippen molar-refractivity contribution >= 4 is 17.0 Å². The van der Waals surface area contributed by atoms with E-state index in [0.29, 0.717) is 12.4 Å². The van der Waals surface area contributed by atoms with E-state index in [1.54, 1.807) is 0 Å². The van der Waals surface area contributed by atoms with Crippen molar-refractivity contribution < 1.29 is 36.9 Å². The van der Waals surface area contributed by atoms with Crippen molar-refractivity contribution in [1.82, 2.24) is 19.5 Å². The van der Waals surface area contributed by atoms with E-state index in [1.165, 1.54) is 34.9 Å². The van der Waals surface area contributed by atoms with Crippen LogP contribution in [0.2, 0.25) is 0 Å². The van der Waals surface area contributed by atoms with Gasteiger partial charge in [0.2, 0.25) is 5.82 Å². The van der Waals surface area contributed by atoms with Gasteiger partial charge in [0.15, 0.2) is 11.6 Å². The molecule has 0 amide bonds. The molecule has 2 aromatic heterocycles. The van der Waals surface area contributed by atoms with Crippen molar-refractivity contribution in [1.29, 1.82) is 5.26 Å². The molecule has 0 aliphatic carbocycles. The van der Waals surface area contributed by atoms with Crippen LogP contribution in [0.5, 0.6) is 5.88 Å². The van der Waals surface area contributed by atoms with E-state index in [4.69, 9.17) is 14.7 Å². The first kappa shape index (κ1) is 28.8. The Balaban J connectivity index is 1.26. The number of nitrogens with zero attached hydrogens (tertiary/aromatic N) is 5. The summed E-state index contributed by atoms with van der Waals surface area (Å²) in [5.74, 6) is -4.84. The predicted molar refractivity (Wildman–Crippen MR) is 147 cm³/mol. The molecule has 0 bridgehead atoms. The maximum atomic E-state index is 15.4. The Labute approximate surface area is 247 Å². The molecule has 0 saturated carbocycles. The third kappa shape index (κ3) is 5.55. The fourth-order valence-corrected chi connectivity index (χ4v) is 4.83. The number of hydrogen-bond acceptors (Lipinski definition) is 7. The van der Waals surface area contributed by atoms with Crippen molar-refractivity contribution in [3.05, 3.63) is 106 Å². The molecule has 1 aliphatic heterocycles. The van der Waals surface area contributed by atoms with Crippen LogP contribution in [-0.2, 0) is 24.3 Å². The molecule has 1 aliphatic rings. The predicted octanol–water partition coefficient (Wildman–Crippen LogP) is 5.58. The summed E-state index contributed by atoms with van der Waals surface area (Å²) >= 11 is 0. The number of fused-ring (bicyclic) bond motifs is 1. The van der Waals surface area contributed by atoms with Crippen LogP contribution in [0.4, 0.5) is 17.6 Å². The molecule has 13 heteroatoms. The lowest BCUT2D eigenvalue weighted by atomic mass is 10.1. The second-order valence-electron chi connectivity index (χ2n) is 10.1. The number of imidazole rings is 1. The van der Waals surface area contributed by atoms with E-state index >= 15 is 8.78 Å². The normalized spacial score (nSPS) is 14.3. The van der Waals surface area contributed by atoms with E-state index in [9.17, 15) is 18.7 Å². The van der Waals surface area contributed by atoms with Gasteiger partial charge in [-0.2, -0.15) is 14.6 Å². The minimum atomic E-state index is -1.42. The fraction of sp³-hybridized carbons (Fsp3) is 0.194. The van der Waals surface area contributed by atoms with E-state index < -0.39 is 40.7 Å². The minimum Gasteiger partial charge on any atom is -0.478 e. The summed E-state index contributed by atoms with van der Waals surface area (Å²) < 4.78 is 71.7. The zero-order chi connectivity index (χ0) is 31.0. The Morgan fingerprint density at radius 1 is 1.05 bits per heavy atom. The van der Waals surface area contributed by atoms with Gasteiger partial charge in [0, 0.05) is 24.2 Å². The topological polar surface area (TPSA) is 123 Å². The molecule has 5 aromatic rings. The number of aromatic nitrogens is 4. The zero-order valence-electron chi connectivity index (χ0n) is 22.7. The molecule has 1 fully saturated rings. The Bertz CT molecular complexity index is 1970. The molecule has 3 aromatic carbocycles. The molecular formula is C31H21F4N5O4. The molecule has 9 nitrogen and oxygen atoms in total. The molecule has 44 heavy (non-hydrogen) atoms. The zero-order valence-corrected chi connectivity index (χ0v) is 22.7. The van der Waals surface area contributed by atoms with E-state index in [-0.39, 0.29) is 64.8 Å². The SMILES string of the molecule is N#Cc1ccc(COc2nc(-c3ccc(Cc4nc5ccc(C(=O)O)c(F)c5n4CC4CCO4)c(F)c3)ncc2F)c(F)c1. The van der Waals surface area contributed by atoms with Gasteiger partial charge in [-0.25, -0.2) is 27.9 Å². The number of carboxylic acids is 1. The number of carbonyl (C=O) groups is 1. The number of ether oxygens (including phenoxy) is 2. The fourth-order valence-electron chi connectivity index (χ4n) is 4.83. The molecule has 1 saturated heterocycles. The average Bonchev–Trinajstić information content (AvgIpc) is 3.33. The Kier molecular flexibility index (Phi) is 7.67. The van der Waals surface area contributed by atoms with Crippen molar-refractivity contribution in [3.63, 3.8) is 0 Å². The van der Waals surface area contributed by atoms with Crippen LogP contribution < -0.4 is 4.74 Å². The molecule has 3 heterocycles. The highest BCUT2D eigenvalue weighted by Crippen LogP contribution is 2.29. The van der Waals surface area contributed by atoms with Gasteiger partial charge in [-0.3, -0.25) is 0 Å². The Hall–Kier alpha value is -5.35. The lowest BCUT2D eigenvalue weighted by Crippen LogP contribution is -2.32. The standard InChI is InChI=1S/C31H21F4N5O4/c32-22-9-16(12-36)1-2-19(22)15-44-30-24(34)13-37-29(39-30)18-4-3-17(23(33)10-18)11-26-38-25-6-5-21(31(41)42)27(35)28(25)40(26)14-20-7-8-43-20/h1-6,9-10,13,20H,7-8,11,14-15H2,(H,41,42). The monoisotopic (exact) mass is 603 g/mol. The lowest BCUT2D eigenvalue weighted by Gasteiger charge is -2.27. The van der Waals surface area contributed by atoms with Crippen LogP contribution in [-0.4, -0.2) is 43.3 Å². The van der Waals surface area contributed by atoms with Gasteiger partial charge < -0.3 is 19.1 Å². The van der Waals surface area contributed by atoms with Crippen molar-refractivity contribution in [2.75, 3.05) is 6.61 Å². The summed E-state index contributed by atoms with van der Waals surface area (Å²) in [6.45, 7) is 0.389. The number of halogens is 4. The molecule has 0 spiro atoms. The van der Waals surface area contributed by atoms with E-state index in [2.05, 4.69) is 15.0 Å². The smallest absolute Gasteiger partial charge is 0.338 e. The second-order valence-corrected chi connectivity index (χ2v) is 10.1. The third-order valence-electron chi connectivity index (χ3n) is 7.25. The van der Waals surface area contributed by atoms with Gasteiger partial charge in [-0.15, -0.1) is 0 Å². The van der Waals surface area contributed by atoms with Crippen molar-refractivity contribution in [2.45, 2.75) is 32.1 Å². The molecule has 0 radical (unpaired) electrons. The van der Waals surface area contributed by atoms with Gasteiger partial charge in [-0.1, -0.05) is 18.2 Å². The van der Waals surface area contributed by atoms with Crippen LogP contribution >= 0.6 is 0 Å². The summed E-state index contributed by atoms with van der Waals surface area (Å²) in [4.78, 5) is 23.9. The van der Waals surface area contributed by atoms with Crippen LogP contribution in [0.25, 0.3) is 22.4 Å². The highest BCUT2D eigenvalue weighted by Gasteiger charge is 2.26. The second kappa shape index (κ2) is 11.7. The lowest BCUT2D eigenvalue weighted by molar-refractivity contribution is -0.0590. The molecule has 1 atom stereocenters. The Morgan fingerprint density at radius 2 is 1.82 bits per heavy atom. The number of hydrogen-bond donors (Lipinski definition) is 1. The summed E-state index contributed by atoms with van der Waals surface area (Å²) in [5.41, 5.74) is 0.333. The summed E-state index contributed by atoms with van der Waals surface area (Å²) in [6.07, 6.45) is 1.31. The van der Waals surface area contributed by atoms with Crippen LogP contribution in [0.15, 0.2) is 54.7 Å². The van der Waals surface area contributed by atoms with Gasteiger partial charge in [0.05, 0.1) is 41.6 Å². The molecule has 1 unspecified atom stereocenters. The molecular weight excluding hydrogens is 582 g/mol. The highest BCUT2D eigenvalue weighted by atomic mass is 19.1. The maximum Gasteiger partial charge on any atom is 0.338 e. The summed E-state index contributed by atoms with van der Waals surface area (Å²) in [6, 6.07) is 12.3. The first-order valence-electron chi connectivity index (χ1n) is 13.4. The number of rotatable bonds is 9. The molecule has 6 rings (SSSR count). The third-order valence-corrected chi connectivity index (χ3v) is 7.25. The van der Waals surface area contributed by atoms with Crippen molar-refractivity contribution in [3.8, 4) is 23.3 Å². The van der Waals surface area contributed by atoms with Gasteiger partial charge >= 0.3 is 5.97 Å². The van der Waals surface area contributed by atoms with E-state index in [1.807, 2.05) is 6.07 Å². The largest absolute Gasteiger partial charge is 0.478 e. The van der Waals surface area contributed by atoms with Gasteiger partial charge in [-0.05, 0) is 42.3 Å². The minimum absolute atomic E-state index is 0.000516. The quantitative estimate of drug-likeness (QED) is 0.217. The van der Waals surface area contributed by atoms with Gasteiger partial charge in [0.1, 0.15) is 29.6 Å². The van der Waals surface area contributed by atoms with Crippen molar-refractivity contribution in [2.24, 2.45) is 0 Å². The van der Waals surface area contributed by atoms with Gasteiger partial charge in [0.25, 0.3) is 5.88 Å². The number of carboxylic acid groups (broad SMARTS) is 1. The summed E-state index contributed by atoms with van der Waals surface area (Å²) in [5, 5.41) is 18.3. The average molecular weight is 604 g/mol. The first-order chi connectivity index (χ1) is 21.2. The van der Waals surface area contributed by atoms with Crippen LogP contribution in [0.1, 0.15) is 39.3 Å². The number of nitriles is 1. The molecule has 222 valence electrons. The Morgan fingerprint density at radius 3 is 2.50 bits per heavy atom. The van der Waals surface area contributed by atoms with Crippen LogP contribution in [0.3, 0.4) is 0 Å². The number of aromatic carboxylic acids is 1. The maximum absolute atomic E-state index is 15.4. The highest BCUT2D eigenvalue weighted by molar-refractivity contribution is 5.93. The van der Waals surface area contributed by atoms with Crippen LogP contribution in [0, 0.1) is 34.6 Å². The van der Waals surface area contributed by atoms with E-state index in [0.717, 1.165) is 30.8 Å². The first-order valence-corrected chi connectivity index (χ1v) is 13.4. The molecule has 1 N–H and O–H groups in total.